The molecule has 2 aromatic carbocycles. The lowest BCUT2D eigenvalue weighted by atomic mass is 10.0. The van der Waals surface area contributed by atoms with E-state index in [-0.39, 0.29) is 37.0 Å². The number of hydrogen-bond donors (Lipinski definition) is 2. The van der Waals surface area contributed by atoms with E-state index in [4.69, 9.17) is 0 Å². The molecule has 1 fully saturated rings. The number of carbonyl (C=O) groups is 3. The van der Waals surface area contributed by atoms with Gasteiger partial charge in [0.15, 0.2) is 9.84 Å². The van der Waals surface area contributed by atoms with Gasteiger partial charge < -0.3 is 15.5 Å². The average molecular weight is 444 g/mol. The quantitative estimate of drug-likeness (QED) is 0.687. The molecule has 1 atom stereocenters. The predicted octanol–water partition coefficient (Wildman–Crippen LogP) is 0.845. The third-order valence-corrected chi connectivity index (χ3v) is 6.68. The molecule has 0 radical (unpaired) electrons. The van der Waals surface area contributed by atoms with Gasteiger partial charge in [0.2, 0.25) is 11.8 Å². The summed E-state index contributed by atoms with van der Waals surface area (Å²) in [4.78, 5) is 38.2. The first-order chi connectivity index (χ1) is 14.7. The van der Waals surface area contributed by atoms with Crippen molar-refractivity contribution in [1.82, 2.24) is 15.5 Å². The van der Waals surface area contributed by atoms with Gasteiger partial charge in [-0.1, -0.05) is 42.5 Å². The summed E-state index contributed by atoms with van der Waals surface area (Å²) < 4.78 is 23.0. The van der Waals surface area contributed by atoms with Crippen molar-refractivity contribution in [2.45, 2.75) is 13.0 Å². The van der Waals surface area contributed by atoms with Crippen molar-refractivity contribution < 1.29 is 22.8 Å². The van der Waals surface area contributed by atoms with Crippen LogP contribution in [0.25, 0.3) is 11.1 Å². The zero-order chi connectivity index (χ0) is 22.4. The number of amides is 3. The Bertz CT molecular complexity index is 1040. The van der Waals surface area contributed by atoms with Gasteiger partial charge >= 0.3 is 0 Å². The van der Waals surface area contributed by atoms with E-state index in [2.05, 4.69) is 10.6 Å². The fourth-order valence-corrected chi connectivity index (χ4v) is 4.47. The molecule has 31 heavy (non-hydrogen) atoms. The number of nitrogens with zero attached hydrogens (tertiary/aromatic N) is 1. The van der Waals surface area contributed by atoms with E-state index < -0.39 is 27.7 Å². The summed E-state index contributed by atoms with van der Waals surface area (Å²) in [7, 11) is -3.09. The van der Waals surface area contributed by atoms with Crippen LogP contribution in [0.2, 0.25) is 0 Å². The van der Waals surface area contributed by atoms with Gasteiger partial charge in [0.1, 0.15) is 6.04 Å². The van der Waals surface area contributed by atoms with Gasteiger partial charge in [-0.25, -0.2) is 8.42 Å². The predicted molar refractivity (Wildman–Crippen MR) is 117 cm³/mol. The van der Waals surface area contributed by atoms with E-state index in [1.165, 1.54) is 11.8 Å². The highest BCUT2D eigenvalue weighted by Gasteiger charge is 2.28. The number of nitrogens with one attached hydrogen (secondary N) is 2. The molecule has 1 saturated heterocycles. The number of rotatable bonds is 6. The summed E-state index contributed by atoms with van der Waals surface area (Å²) in [5.74, 6) is -1.38. The minimum Gasteiger partial charge on any atom is -0.343 e. The SMILES string of the molecule is CC(NC(=O)CNC(=O)c1ccc(-c2ccccc2)cc1)C(=O)N1CCS(=O)(=O)CC1. The molecule has 1 unspecified atom stereocenters. The van der Waals surface area contributed by atoms with Crippen LogP contribution < -0.4 is 10.6 Å². The van der Waals surface area contributed by atoms with Gasteiger partial charge in [-0.15, -0.1) is 0 Å². The van der Waals surface area contributed by atoms with Crippen LogP contribution in [0.5, 0.6) is 0 Å². The minimum atomic E-state index is -3.09. The Hall–Kier alpha value is -3.20. The second kappa shape index (κ2) is 9.74. The summed E-state index contributed by atoms with van der Waals surface area (Å²) >= 11 is 0. The number of carbonyl (C=O) groups excluding carboxylic acids is 3. The maximum Gasteiger partial charge on any atom is 0.251 e. The Morgan fingerprint density at radius 3 is 2.13 bits per heavy atom. The number of sulfone groups is 1. The molecule has 164 valence electrons. The number of benzene rings is 2. The van der Waals surface area contributed by atoms with Gasteiger partial charge in [-0.05, 0) is 30.2 Å². The number of hydrogen-bond acceptors (Lipinski definition) is 5. The third kappa shape index (κ3) is 6.14. The van der Waals surface area contributed by atoms with Crippen molar-refractivity contribution in [3.05, 3.63) is 60.2 Å². The molecule has 3 rings (SSSR count). The Balaban J connectivity index is 1.46. The zero-order valence-electron chi connectivity index (χ0n) is 17.2. The van der Waals surface area contributed by atoms with E-state index in [0.717, 1.165) is 11.1 Å². The van der Waals surface area contributed by atoms with Crippen LogP contribution in [0.1, 0.15) is 17.3 Å². The summed E-state index contributed by atoms with van der Waals surface area (Å²) in [5, 5.41) is 5.08. The molecule has 1 aliphatic heterocycles. The van der Waals surface area contributed by atoms with Crippen molar-refractivity contribution in [1.29, 1.82) is 0 Å². The van der Waals surface area contributed by atoms with E-state index in [1.54, 1.807) is 12.1 Å². The molecule has 3 amide bonds. The van der Waals surface area contributed by atoms with Crippen molar-refractivity contribution in [3.8, 4) is 11.1 Å². The first-order valence-corrected chi connectivity index (χ1v) is 11.8. The molecule has 2 N–H and O–H groups in total. The maximum absolute atomic E-state index is 12.4. The van der Waals surface area contributed by atoms with Crippen molar-refractivity contribution in [2.75, 3.05) is 31.1 Å². The molecule has 8 nitrogen and oxygen atoms in total. The highest BCUT2D eigenvalue weighted by atomic mass is 32.2. The van der Waals surface area contributed by atoms with Crippen LogP contribution in [0, 0.1) is 0 Å². The summed E-state index contributed by atoms with van der Waals surface area (Å²) in [5.41, 5.74) is 2.44. The zero-order valence-corrected chi connectivity index (χ0v) is 18.0. The van der Waals surface area contributed by atoms with E-state index in [0.29, 0.717) is 5.56 Å². The average Bonchev–Trinajstić information content (AvgIpc) is 2.77. The second-order valence-corrected chi connectivity index (χ2v) is 9.70. The van der Waals surface area contributed by atoms with Crippen LogP contribution >= 0.6 is 0 Å². The fourth-order valence-electron chi connectivity index (χ4n) is 3.27. The van der Waals surface area contributed by atoms with Gasteiger partial charge in [0.25, 0.3) is 5.91 Å². The Morgan fingerprint density at radius 2 is 1.52 bits per heavy atom. The van der Waals surface area contributed by atoms with Gasteiger partial charge in [0, 0.05) is 18.7 Å². The molecule has 1 aliphatic rings. The van der Waals surface area contributed by atoms with E-state index in [1.807, 2.05) is 42.5 Å². The molecule has 0 spiro atoms. The normalized spacial score (nSPS) is 16.2. The molecule has 0 bridgehead atoms. The minimum absolute atomic E-state index is 0.0709. The first-order valence-electron chi connectivity index (χ1n) is 9.97. The highest BCUT2D eigenvalue weighted by Crippen LogP contribution is 2.19. The van der Waals surface area contributed by atoms with Crippen molar-refractivity contribution >= 4 is 27.6 Å². The van der Waals surface area contributed by atoms with Crippen LogP contribution in [0.3, 0.4) is 0 Å². The largest absolute Gasteiger partial charge is 0.343 e. The molecule has 9 heteroatoms. The smallest absolute Gasteiger partial charge is 0.251 e. The molecule has 0 aromatic heterocycles. The Labute approximate surface area is 181 Å². The van der Waals surface area contributed by atoms with Crippen molar-refractivity contribution in [3.63, 3.8) is 0 Å². The van der Waals surface area contributed by atoms with Crippen LogP contribution in [0.15, 0.2) is 54.6 Å². The van der Waals surface area contributed by atoms with E-state index >= 15 is 0 Å². The molecule has 0 aliphatic carbocycles. The lowest BCUT2D eigenvalue weighted by Crippen LogP contribution is -2.52. The molecular weight excluding hydrogens is 418 g/mol. The summed E-state index contributed by atoms with van der Waals surface area (Å²) in [6, 6.07) is 16.0. The van der Waals surface area contributed by atoms with Crippen LogP contribution in [-0.2, 0) is 19.4 Å². The van der Waals surface area contributed by atoms with Gasteiger partial charge in [-0.3, -0.25) is 14.4 Å². The third-order valence-electron chi connectivity index (χ3n) is 5.07. The van der Waals surface area contributed by atoms with Gasteiger partial charge in [-0.2, -0.15) is 0 Å². The highest BCUT2D eigenvalue weighted by molar-refractivity contribution is 7.91. The lowest BCUT2D eigenvalue weighted by Gasteiger charge is -2.29. The first kappa shape index (κ1) is 22.5. The Morgan fingerprint density at radius 1 is 0.935 bits per heavy atom. The Kier molecular flexibility index (Phi) is 7.06. The van der Waals surface area contributed by atoms with E-state index in [9.17, 15) is 22.8 Å². The summed E-state index contributed by atoms with van der Waals surface area (Å²) in [6.45, 7) is 1.51. The monoisotopic (exact) mass is 443 g/mol. The lowest BCUT2D eigenvalue weighted by molar-refractivity contribution is -0.135. The van der Waals surface area contributed by atoms with Crippen LogP contribution in [0.4, 0.5) is 0 Å². The topological polar surface area (TPSA) is 113 Å². The fraction of sp³-hybridized carbons (Fsp3) is 0.318. The standard InChI is InChI=1S/C22H25N3O5S/c1-16(22(28)25-11-13-31(29,30)14-12-25)24-20(26)15-23-21(27)19-9-7-18(8-10-19)17-5-3-2-4-6-17/h2-10,16H,11-15H2,1H3,(H,23,27)(H,24,26). The molecule has 2 aromatic rings. The molecule has 0 saturated carbocycles. The molecule has 1 heterocycles. The molecular formula is C22H25N3O5S. The second-order valence-electron chi connectivity index (χ2n) is 7.39. The van der Waals surface area contributed by atoms with Crippen molar-refractivity contribution in [2.24, 2.45) is 0 Å². The maximum atomic E-state index is 12.4. The summed E-state index contributed by atoms with van der Waals surface area (Å²) in [6.07, 6.45) is 0. The van der Waals surface area contributed by atoms with Crippen LogP contribution in [-0.4, -0.2) is 68.2 Å². The van der Waals surface area contributed by atoms with Gasteiger partial charge in [0.05, 0.1) is 18.1 Å².